The average molecular weight is 344 g/mol. The Morgan fingerprint density at radius 1 is 1.43 bits per heavy atom. The van der Waals surface area contributed by atoms with Gasteiger partial charge in [-0.2, -0.15) is 0 Å². The Morgan fingerprint density at radius 3 is 2.70 bits per heavy atom. The van der Waals surface area contributed by atoms with Gasteiger partial charge < -0.3 is 30.8 Å². The van der Waals surface area contributed by atoms with Crippen molar-refractivity contribution >= 4 is 22.8 Å². The van der Waals surface area contributed by atoms with Crippen molar-refractivity contribution in [2.24, 2.45) is 4.99 Å². The van der Waals surface area contributed by atoms with Crippen LogP contribution in [0.1, 0.15) is 26.7 Å². The Labute approximate surface area is 141 Å². The van der Waals surface area contributed by atoms with E-state index in [1.54, 1.807) is 6.92 Å². The van der Waals surface area contributed by atoms with Crippen molar-refractivity contribution in [1.82, 2.24) is 5.32 Å². The standard InChI is InChI=1S/C15H26N3O4S/c1-4-7-23-15(16)18-14(9(2)3)17-10-8-11(22-6-5-19)13(21)12(10)20/h10-13,19-21H,2,4-8H2,1,3H3,(H-,16,17,18)/q-1/t10-,11+,12+,13-/m1/s1. The smallest absolute Gasteiger partial charge is 0.108 e. The van der Waals surface area contributed by atoms with Gasteiger partial charge in [0.05, 0.1) is 25.4 Å². The molecule has 7 nitrogen and oxygen atoms in total. The maximum Gasteiger partial charge on any atom is 0.108 e. The summed E-state index contributed by atoms with van der Waals surface area (Å²) in [5, 5.41) is 41.5. The van der Waals surface area contributed by atoms with Crippen molar-refractivity contribution in [3.05, 3.63) is 17.6 Å². The lowest BCUT2D eigenvalue weighted by Gasteiger charge is -2.21. The van der Waals surface area contributed by atoms with Gasteiger partial charge in [-0.15, -0.1) is 11.8 Å². The summed E-state index contributed by atoms with van der Waals surface area (Å²) in [6.07, 6.45) is -1.46. The van der Waals surface area contributed by atoms with Gasteiger partial charge in [0.2, 0.25) is 0 Å². The predicted molar refractivity (Wildman–Crippen MR) is 93.7 cm³/mol. The van der Waals surface area contributed by atoms with Gasteiger partial charge in [0.15, 0.2) is 0 Å². The van der Waals surface area contributed by atoms with E-state index in [0.29, 0.717) is 17.8 Å². The molecule has 1 aliphatic carbocycles. The molecule has 0 radical (unpaired) electrons. The van der Waals surface area contributed by atoms with Crippen LogP contribution >= 0.6 is 11.8 Å². The maximum absolute atomic E-state index is 10.1. The zero-order chi connectivity index (χ0) is 17.4. The Bertz CT molecular complexity index is 444. The normalized spacial score (nSPS) is 28.0. The second-order valence-electron chi connectivity index (χ2n) is 5.45. The van der Waals surface area contributed by atoms with Gasteiger partial charge in [0.1, 0.15) is 12.2 Å². The molecule has 132 valence electrons. The monoisotopic (exact) mass is 344 g/mol. The van der Waals surface area contributed by atoms with Crippen LogP contribution < -0.4 is 5.32 Å². The number of ether oxygens (including phenoxy) is 1. The number of nitrogens with zero attached hydrogens (tertiary/aromatic N) is 2. The molecule has 1 saturated carbocycles. The van der Waals surface area contributed by atoms with Gasteiger partial charge in [0.25, 0.3) is 0 Å². The number of rotatable bonds is 7. The van der Waals surface area contributed by atoms with Crippen molar-refractivity contribution < 1.29 is 20.1 Å². The molecule has 0 bridgehead atoms. The molecule has 4 atom stereocenters. The van der Waals surface area contributed by atoms with E-state index in [4.69, 9.17) is 9.84 Å². The second-order valence-corrected chi connectivity index (χ2v) is 6.54. The van der Waals surface area contributed by atoms with E-state index in [1.807, 2.05) is 6.92 Å². The first kappa shape index (κ1) is 20.1. The summed E-state index contributed by atoms with van der Waals surface area (Å²) in [5.74, 6) is 1.13. The number of aliphatic hydroxyl groups excluding tert-OH is 3. The van der Waals surface area contributed by atoms with Crippen LogP contribution in [0.15, 0.2) is 17.1 Å². The molecule has 1 aliphatic rings. The summed E-state index contributed by atoms with van der Waals surface area (Å²) in [5.41, 5.74) is 0.607. The van der Waals surface area contributed by atoms with Crippen molar-refractivity contribution in [2.75, 3.05) is 19.0 Å². The fourth-order valence-corrected chi connectivity index (χ4v) is 2.78. The molecule has 0 spiro atoms. The summed E-state index contributed by atoms with van der Waals surface area (Å²) in [7, 11) is 0. The maximum atomic E-state index is 10.1. The molecule has 1 rings (SSSR count). The molecular formula is C15H26N3O4S-. The minimum atomic E-state index is -1.07. The Kier molecular flexibility index (Phi) is 8.78. The van der Waals surface area contributed by atoms with Gasteiger partial charge in [0, 0.05) is 12.3 Å². The molecular weight excluding hydrogens is 318 g/mol. The first-order valence-corrected chi connectivity index (χ1v) is 8.67. The Morgan fingerprint density at radius 2 is 2.13 bits per heavy atom. The summed E-state index contributed by atoms with van der Waals surface area (Å²) < 4.78 is 5.31. The highest BCUT2D eigenvalue weighted by atomic mass is 32.2. The number of nitrogens with one attached hydrogen (secondary N) is 1. The van der Waals surface area contributed by atoms with Crippen LogP contribution in [-0.2, 0) is 4.74 Å². The van der Waals surface area contributed by atoms with E-state index < -0.39 is 24.4 Å². The molecule has 1 fully saturated rings. The van der Waals surface area contributed by atoms with Gasteiger partial charge in [-0.05, 0) is 29.8 Å². The molecule has 23 heavy (non-hydrogen) atoms. The fraction of sp³-hybridized carbons (Fsp3) is 0.733. The molecule has 0 saturated heterocycles. The molecule has 0 heterocycles. The van der Waals surface area contributed by atoms with Gasteiger partial charge in [-0.1, -0.05) is 13.5 Å². The molecule has 0 aliphatic heterocycles. The van der Waals surface area contributed by atoms with Crippen LogP contribution in [0.5, 0.6) is 0 Å². The number of aliphatic imine (C=N–C) groups is 1. The van der Waals surface area contributed by atoms with Crippen LogP contribution in [0.3, 0.4) is 0 Å². The SMILES string of the molecule is C=C(C)C(=N[C@@H]1C[C@H](OCCO)[C@@H](O)[C@H]1O)NC(=[N-])SCCC. The molecule has 4 N–H and O–H groups in total. The Balaban J connectivity index is 2.74. The molecule has 0 aromatic carbocycles. The van der Waals surface area contributed by atoms with Gasteiger partial charge in [-0.3, -0.25) is 4.99 Å². The number of hydrogen-bond donors (Lipinski definition) is 4. The topological polar surface area (TPSA) is 117 Å². The first-order valence-electron chi connectivity index (χ1n) is 7.68. The third-order valence-corrected chi connectivity index (χ3v) is 4.38. The van der Waals surface area contributed by atoms with E-state index >= 15 is 0 Å². The third kappa shape index (κ3) is 6.23. The van der Waals surface area contributed by atoms with Crippen molar-refractivity contribution in [1.29, 1.82) is 0 Å². The fourth-order valence-electron chi connectivity index (χ4n) is 2.22. The number of thioether (sulfide) groups is 1. The zero-order valence-corrected chi connectivity index (χ0v) is 14.4. The minimum Gasteiger partial charge on any atom is -0.459 e. The minimum absolute atomic E-state index is 0.0229. The van der Waals surface area contributed by atoms with Gasteiger partial charge >= 0.3 is 0 Å². The van der Waals surface area contributed by atoms with E-state index in [2.05, 4.69) is 16.9 Å². The van der Waals surface area contributed by atoms with Crippen molar-refractivity contribution in [2.45, 2.75) is 51.0 Å². The largest absolute Gasteiger partial charge is 0.459 e. The summed E-state index contributed by atoms with van der Waals surface area (Å²) in [6.45, 7) is 7.50. The van der Waals surface area contributed by atoms with E-state index in [1.165, 1.54) is 11.8 Å². The number of hydrogen-bond acceptors (Lipinski definition) is 6. The molecule has 8 heteroatoms. The highest BCUT2D eigenvalue weighted by molar-refractivity contribution is 8.14. The lowest BCUT2D eigenvalue weighted by Crippen LogP contribution is -2.35. The number of aliphatic hydroxyl groups is 3. The summed E-state index contributed by atoms with van der Waals surface area (Å²) in [6, 6.07) is -0.572. The first-order chi connectivity index (χ1) is 10.9. The van der Waals surface area contributed by atoms with Crippen molar-refractivity contribution in [3.63, 3.8) is 0 Å². The van der Waals surface area contributed by atoms with E-state index in [0.717, 1.165) is 12.2 Å². The molecule has 0 unspecified atom stereocenters. The van der Waals surface area contributed by atoms with Crippen LogP contribution in [0.4, 0.5) is 0 Å². The summed E-state index contributed by atoms with van der Waals surface area (Å²) in [4.78, 5) is 4.37. The third-order valence-electron chi connectivity index (χ3n) is 3.39. The lowest BCUT2D eigenvalue weighted by atomic mass is 10.2. The molecule has 0 aromatic heterocycles. The predicted octanol–water partition coefficient (Wildman–Crippen LogP) is 0.491. The lowest BCUT2D eigenvalue weighted by molar-refractivity contribution is -0.0615. The summed E-state index contributed by atoms with van der Waals surface area (Å²) >= 11 is 1.27. The van der Waals surface area contributed by atoms with E-state index in [-0.39, 0.29) is 18.4 Å². The van der Waals surface area contributed by atoms with E-state index in [9.17, 15) is 15.6 Å². The van der Waals surface area contributed by atoms with Crippen LogP contribution in [0, 0.1) is 0 Å². The van der Waals surface area contributed by atoms with Crippen LogP contribution in [0.25, 0.3) is 5.41 Å². The zero-order valence-electron chi connectivity index (χ0n) is 13.6. The average Bonchev–Trinajstić information content (AvgIpc) is 2.78. The highest BCUT2D eigenvalue weighted by Gasteiger charge is 2.42. The molecule has 0 aromatic rings. The number of amidine groups is 2. The highest BCUT2D eigenvalue weighted by Crippen LogP contribution is 2.26. The van der Waals surface area contributed by atoms with Crippen LogP contribution in [0.2, 0.25) is 0 Å². The van der Waals surface area contributed by atoms with Gasteiger partial charge in [-0.25, -0.2) is 0 Å². The quantitative estimate of drug-likeness (QED) is 0.394. The molecule has 0 amide bonds. The Hall–Kier alpha value is -0.930. The van der Waals surface area contributed by atoms with Crippen LogP contribution in [-0.4, -0.2) is 69.6 Å². The second kappa shape index (κ2) is 10.0. The van der Waals surface area contributed by atoms with Crippen molar-refractivity contribution in [3.8, 4) is 0 Å².